The Hall–Kier alpha value is -3.78. The quantitative estimate of drug-likeness (QED) is 0.517. The number of Topliss-reactive ketones (excluding diaryl/α,β-unsaturated/α-hetero) is 1. The van der Waals surface area contributed by atoms with Gasteiger partial charge in [0.25, 0.3) is 0 Å². The molecule has 180 valence electrons. The molecule has 2 N–H and O–H groups in total. The molecule has 0 radical (unpaired) electrons. The number of hydrogen-bond donors (Lipinski definition) is 2. The zero-order chi connectivity index (χ0) is 25.1. The van der Waals surface area contributed by atoms with Gasteiger partial charge in [0.05, 0.1) is 14.2 Å². The van der Waals surface area contributed by atoms with Gasteiger partial charge in [-0.15, -0.1) is 0 Å². The summed E-state index contributed by atoms with van der Waals surface area (Å²) in [4.78, 5) is 42.6. The Morgan fingerprint density at radius 1 is 1.11 bits per heavy atom. The first kappa shape index (κ1) is 23.0. The first-order valence-corrected chi connectivity index (χ1v) is 11.4. The normalized spacial score (nSPS) is 21.1. The van der Waals surface area contributed by atoms with Gasteiger partial charge in [0.2, 0.25) is 17.2 Å². The third-order valence-corrected chi connectivity index (χ3v) is 6.94. The molecular formula is C26H23ClN2O6. The molecule has 1 aliphatic heterocycles. The Morgan fingerprint density at radius 2 is 1.86 bits per heavy atom. The molecule has 35 heavy (non-hydrogen) atoms. The Labute approximate surface area is 205 Å². The maximum absolute atomic E-state index is 13.6. The van der Waals surface area contributed by atoms with Crippen molar-refractivity contribution < 1.29 is 23.8 Å². The predicted octanol–water partition coefficient (Wildman–Crippen LogP) is 4.43. The summed E-state index contributed by atoms with van der Waals surface area (Å²) in [6, 6.07) is 8.41. The van der Waals surface area contributed by atoms with Gasteiger partial charge in [-0.1, -0.05) is 18.5 Å². The summed E-state index contributed by atoms with van der Waals surface area (Å²) in [6.07, 6.45) is 1.73. The second-order valence-electron chi connectivity index (χ2n) is 8.81. The van der Waals surface area contributed by atoms with Gasteiger partial charge in [-0.2, -0.15) is 0 Å². The van der Waals surface area contributed by atoms with E-state index in [0.717, 1.165) is 11.2 Å². The number of aryl methyl sites for hydroxylation is 1. The van der Waals surface area contributed by atoms with Crippen LogP contribution in [0.15, 0.2) is 46.9 Å². The third kappa shape index (κ3) is 3.39. The molecular weight excluding hydrogens is 472 g/mol. The SMILES string of the molecule is COc1cc(OC)c2c(c1Cl)O[C@@]1(C(=O)C=C(Nc3ccc4[nH]c(C)cc(=O)c4c3)C[C@H]1C)C2=O. The molecule has 1 aromatic heterocycles. The van der Waals surface area contributed by atoms with Gasteiger partial charge in [-0.3, -0.25) is 14.4 Å². The lowest BCUT2D eigenvalue weighted by Gasteiger charge is -2.35. The number of anilines is 1. The fourth-order valence-corrected chi connectivity index (χ4v) is 5.12. The van der Waals surface area contributed by atoms with Crippen LogP contribution in [0, 0.1) is 12.8 Å². The highest BCUT2D eigenvalue weighted by molar-refractivity contribution is 6.36. The minimum absolute atomic E-state index is 0.0851. The fraction of sp³-hybridized carbons (Fsp3) is 0.269. The van der Waals surface area contributed by atoms with Crippen LogP contribution in [0.3, 0.4) is 0 Å². The van der Waals surface area contributed by atoms with Gasteiger partial charge in [-0.05, 0) is 31.5 Å². The molecule has 0 unspecified atom stereocenters. The highest BCUT2D eigenvalue weighted by atomic mass is 35.5. The number of H-pyrrole nitrogens is 1. The van der Waals surface area contributed by atoms with Gasteiger partial charge < -0.3 is 24.5 Å². The summed E-state index contributed by atoms with van der Waals surface area (Å²) in [6.45, 7) is 3.61. The summed E-state index contributed by atoms with van der Waals surface area (Å²) >= 11 is 6.43. The highest BCUT2D eigenvalue weighted by Crippen LogP contribution is 2.53. The number of aromatic nitrogens is 1. The van der Waals surface area contributed by atoms with Crippen LogP contribution in [-0.2, 0) is 4.79 Å². The molecule has 3 aromatic rings. The molecule has 5 rings (SSSR count). The van der Waals surface area contributed by atoms with E-state index >= 15 is 0 Å². The second-order valence-corrected chi connectivity index (χ2v) is 9.18. The number of allylic oxidation sites excluding steroid dienone is 1. The third-order valence-electron chi connectivity index (χ3n) is 6.58. The number of ether oxygens (including phenoxy) is 3. The standard InChI is InChI=1S/C26H23ClN2O6/c1-12-7-15(29-14-5-6-17-16(9-14)18(30)8-13(2)28-17)10-21(31)26(12)25(32)22-19(33-3)11-20(34-4)23(27)24(22)35-26/h5-6,8-12,29H,7H2,1-4H3,(H,28,30)/t12-,26+/m1/s1. The molecule has 2 heterocycles. The van der Waals surface area contributed by atoms with Gasteiger partial charge in [-0.25, -0.2) is 0 Å². The summed E-state index contributed by atoms with van der Waals surface area (Å²) < 4.78 is 16.7. The Balaban J connectivity index is 1.50. The van der Waals surface area contributed by atoms with Gasteiger partial charge in [0, 0.05) is 52.1 Å². The number of carbonyl (C=O) groups is 2. The first-order chi connectivity index (χ1) is 16.7. The average molecular weight is 495 g/mol. The number of halogens is 1. The molecule has 1 spiro atoms. The van der Waals surface area contributed by atoms with Gasteiger partial charge in [0.1, 0.15) is 22.1 Å². The lowest BCUT2D eigenvalue weighted by Crippen LogP contribution is -2.55. The van der Waals surface area contributed by atoms with Crippen LogP contribution in [0.4, 0.5) is 5.69 Å². The van der Waals surface area contributed by atoms with Crippen LogP contribution in [0.1, 0.15) is 29.4 Å². The van der Waals surface area contributed by atoms with Crippen LogP contribution in [0.25, 0.3) is 10.9 Å². The number of nitrogens with one attached hydrogen (secondary N) is 2. The van der Waals surface area contributed by atoms with Crippen molar-refractivity contribution >= 4 is 39.8 Å². The largest absolute Gasteiger partial charge is 0.496 e. The lowest BCUT2D eigenvalue weighted by molar-refractivity contribution is -0.129. The van der Waals surface area contributed by atoms with Crippen molar-refractivity contribution in [1.29, 1.82) is 0 Å². The number of methoxy groups -OCH3 is 2. The van der Waals surface area contributed by atoms with E-state index in [-0.39, 0.29) is 33.3 Å². The zero-order valence-corrected chi connectivity index (χ0v) is 20.3. The van der Waals surface area contributed by atoms with Crippen molar-refractivity contribution in [1.82, 2.24) is 4.98 Å². The van der Waals surface area contributed by atoms with E-state index in [2.05, 4.69) is 10.3 Å². The molecule has 9 heteroatoms. The van der Waals surface area contributed by atoms with Gasteiger partial charge in [0.15, 0.2) is 11.2 Å². The van der Waals surface area contributed by atoms with Crippen molar-refractivity contribution in [2.75, 3.05) is 19.5 Å². The van der Waals surface area contributed by atoms with Crippen LogP contribution in [0.2, 0.25) is 5.02 Å². The van der Waals surface area contributed by atoms with E-state index < -0.39 is 23.1 Å². The number of fused-ring (bicyclic) bond motifs is 2. The molecule has 0 saturated carbocycles. The number of hydrogen-bond acceptors (Lipinski definition) is 7. The number of carbonyl (C=O) groups excluding carboxylic acids is 2. The number of ketones is 2. The monoisotopic (exact) mass is 494 g/mol. The fourth-order valence-electron chi connectivity index (χ4n) is 4.86. The Morgan fingerprint density at radius 3 is 2.54 bits per heavy atom. The van der Waals surface area contributed by atoms with Crippen LogP contribution >= 0.6 is 11.6 Å². The van der Waals surface area contributed by atoms with E-state index in [9.17, 15) is 14.4 Å². The number of aromatic amines is 1. The van der Waals surface area contributed by atoms with E-state index in [0.29, 0.717) is 23.2 Å². The summed E-state index contributed by atoms with van der Waals surface area (Å²) in [5, 5.41) is 3.86. The zero-order valence-electron chi connectivity index (χ0n) is 19.6. The van der Waals surface area contributed by atoms with Crippen molar-refractivity contribution in [3.05, 3.63) is 68.6 Å². The number of pyridine rings is 1. The minimum atomic E-state index is -1.74. The maximum atomic E-state index is 13.6. The van der Waals surface area contributed by atoms with Crippen LogP contribution in [-0.4, -0.2) is 36.4 Å². The molecule has 1 aliphatic carbocycles. The molecule has 0 bridgehead atoms. The van der Waals surface area contributed by atoms with Crippen molar-refractivity contribution in [3.8, 4) is 17.2 Å². The van der Waals surface area contributed by atoms with Gasteiger partial charge >= 0.3 is 0 Å². The minimum Gasteiger partial charge on any atom is -0.496 e. The summed E-state index contributed by atoms with van der Waals surface area (Å²) in [5.41, 5.74) is 1.07. The maximum Gasteiger partial charge on any atom is 0.236 e. The Kier molecular flexibility index (Phi) is 5.36. The van der Waals surface area contributed by atoms with Crippen molar-refractivity contribution in [3.63, 3.8) is 0 Å². The molecule has 2 aromatic carbocycles. The molecule has 2 atom stereocenters. The van der Waals surface area contributed by atoms with Crippen LogP contribution < -0.4 is 25.0 Å². The predicted molar refractivity (Wildman–Crippen MR) is 132 cm³/mol. The first-order valence-electron chi connectivity index (χ1n) is 11.0. The number of benzene rings is 2. The van der Waals surface area contributed by atoms with Crippen molar-refractivity contribution in [2.45, 2.75) is 25.9 Å². The molecule has 8 nitrogen and oxygen atoms in total. The lowest BCUT2D eigenvalue weighted by atomic mass is 9.74. The van der Waals surface area contributed by atoms with Crippen molar-refractivity contribution in [2.24, 2.45) is 5.92 Å². The topological polar surface area (TPSA) is 107 Å². The van der Waals surface area contributed by atoms with E-state index in [1.165, 1.54) is 32.4 Å². The molecule has 0 amide bonds. The summed E-state index contributed by atoms with van der Waals surface area (Å²) in [7, 11) is 2.86. The van der Waals surface area contributed by atoms with Crippen LogP contribution in [0.5, 0.6) is 17.2 Å². The van der Waals surface area contributed by atoms with E-state index in [1.807, 2.05) is 19.1 Å². The van der Waals surface area contributed by atoms with E-state index in [1.54, 1.807) is 13.0 Å². The highest BCUT2D eigenvalue weighted by Gasteiger charge is 2.60. The molecule has 2 aliphatic rings. The molecule has 0 fully saturated rings. The Bertz CT molecular complexity index is 1510. The summed E-state index contributed by atoms with van der Waals surface area (Å²) in [5.74, 6) is -0.904. The van der Waals surface area contributed by atoms with E-state index in [4.69, 9.17) is 25.8 Å². The second kappa shape index (κ2) is 8.16. The smallest absolute Gasteiger partial charge is 0.236 e. The number of rotatable bonds is 4. The molecule has 0 saturated heterocycles. The average Bonchev–Trinajstić information content (AvgIpc) is 3.13.